The summed E-state index contributed by atoms with van der Waals surface area (Å²) in [6, 6.07) is 7.11. The van der Waals surface area contributed by atoms with Crippen molar-refractivity contribution in [3.63, 3.8) is 0 Å². The van der Waals surface area contributed by atoms with E-state index in [-0.39, 0.29) is 0 Å². The summed E-state index contributed by atoms with van der Waals surface area (Å²) >= 11 is 0. The van der Waals surface area contributed by atoms with Gasteiger partial charge in [0.25, 0.3) is 5.92 Å². The molecule has 0 heterocycles. The van der Waals surface area contributed by atoms with Gasteiger partial charge in [-0.25, -0.2) is 0 Å². The molecule has 0 unspecified atom stereocenters. The lowest BCUT2D eigenvalue weighted by Crippen LogP contribution is -2.22. The van der Waals surface area contributed by atoms with E-state index < -0.39 is 12.5 Å². The minimum atomic E-state index is -2.97. The molecule has 0 aromatic heterocycles. The van der Waals surface area contributed by atoms with E-state index in [1.54, 1.807) is 12.1 Å². The van der Waals surface area contributed by atoms with Crippen LogP contribution in [0.15, 0.2) is 36.9 Å². The Balaban J connectivity index is 2.54. The fourth-order valence-electron chi connectivity index (χ4n) is 1.06. The van der Waals surface area contributed by atoms with Gasteiger partial charge in [0.2, 0.25) is 0 Å². The van der Waals surface area contributed by atoms with Crippen LogP contribution in [0.2, 0.25) is 0 Å². The highest BCUT2D eigenvalue weighted by molar-refractivity contribution is 5.27. The number of rotatable bonds is 5. The van der Waals surface area contributed by atoms with Crippen LogP contribution in [0.5, 0.6) is 5.75 Å². The van der Waals surface area contributed by atoms with Gasteiger partial charge in [-0.2, -0.15) is 8.78 Å². The minimum Gasteiger partial charge on any atom is -0.487 e. The van der Waals surface area contributed by atoms with Crippen molar-refractivity contribution in [2.75, 3.05) is 6.61 Å². The minimum absolute atomic E-state index is 0.453. The van der Waals surface area contributed by atoms with Gasteiger partial charge in [-0.1, -0.05) is 25.6 Å². The molecule has 1 aromatic carbocycles. The molecule has 15 heavy (non-hydrogen) atoms. The molecular formula is C12H14F2O. The van der Waals surface area contributed by atoms with Crippen LogP contribution in [-0.4, -0.2) is 12.5 Å². The maximum Gasteiger partial charge on any atom is 0.299 e. The summed E-state index contributed by atoms with van der Waals surface area (Å²) in [6.07, 6.45) is 1.51. The summed E-state index contributed by atoms with van der Waals surface area (Å²) < 4.78 is 30.4. The van der Waals surface area contributed by atoms with Crippen molar-refractivity contribution in [1.82, 2.24) is 0 Å². The molecule has 1 nitrogen and oxygen atoms in total. The number of hydrogen-bond donors (Lipinski definition) is 0. The standard InChI is InChI=1S/C12H14F2O/c1-3-10-5-7-11(8-6-10)15-9-12(13,14)4-2/h4-8H,2-3,9H2,1H3. The zero-order valence-electron chi connectivity index (χ0n) is 8.67. The van der Waals surface area contributed by atoms with E-state index in [2.05, 4.69) is 6.58 Å². The van der Waals surface area contributed by atoms with Crippen molar-refractivity contribution in [1.29, 1.82) is 0 Å². The van der Waals surface area contributed by atoms with Crippen molar-refractivity contribution in [3.8, 4) is 5.75 Å². The lowest BCUT2D eigenvalue weighted by Gasteiger charge is -2.12. The van der Waals surface area contributed by atoms with Gasteiger partial charge in [-0.15, -0.1) is 0 Å². The van der Waals surface area contributed by atoms with Crippen molar-refractivity contribution < 1.29 is 13.5 Å². The SMILES string of the molecule is C=CC(F)(F)COc1ccc(CC)cc1. The third kappa shape index (κ3) is 3.70. The Kier molecular flexibility index (Phi) is 3.83. The first-order valence-corrected chi connectivity index (χ1v) is 4.80. The molecule has 0 spiro atoms. The summed E-state index contributed by atoms with van der Waals surface area (Å²) in [4.78, 5) is 0. The van der Waals surface area contributed by atoms with Gasteiger partial charge in [0.05, 0.1) is 0 Å². The number of aryl methyl sites for hydroxylation is 1. The Morgan fingerprint density at radius 2 is 1.93 bits per heavy atom. The molecule has 82 valence electrons. The van der Waals surface area contributed by atoms with Crippen LogP contribution in [-0.2, 0) is 6.42 Å². The molecule has 0 radical (unpaired) electrons. The molecule has 0 saturated carbocycles. The predicted molar refractivity (Wildman–Crippen MR) is 56.5 cm³/mol. The van der Waals surface area contributed by atoms with Gasteiger partial charge < -0.3 is 4.74 Å². The Bertz CT molecular complexity index is 317. The van der Waals surface area contributed by atoms with E-state index in [0.29, 0.717) is 11.8 Å². The molecule has 0 N–H and O–H groups in total. The summed E-state index contributed by atoms with van der Waals surface area (Å²) in [5, 5.41) is 0. The third-order valence-electron chi connectivity index (χ3n) is 2.06. The van der Waals surface area contributed by atoms with Crippen LogP contribution in [0, 0.1) is 0 Å². The lowest BCUT2D eigenvalue weighted by molar-refractivity contribution is 0.00545. The van der Waals surface area contributed by atoms with E-state index in [1.807, 2.05) is 19.1 Å². The van der Waals surface area contributed by atoms with Crippen LogP contribution in [0.3, 0.4) is 0 Å². The predicted octanol–water partition coefficient (Wildman–Crippen LogP) is 3.45. The van der Waals surface area contributed by atoms with E-state index in [4.69, 9.17) is 4.74 Å². The van der Waals surface area contributed by atoms with Crippen molar-refractivity contribution >= 4 is 0 Å². The number of alkyl halides is 2. The second kappa shape index (κ2) is 4.91. The Labute approximate surface area is 88.4 Å². The summed E-state index contributed by atoms with van der Waals surface area (Å²) in [5.41, 5.74) is 1.15. The zero-order chi connectivity index (χ0) is 11.3. The molecule has 0 bridgehead atoms. The van der Waals surface area contributed by atoms with E-state index >= 15 is 0 Å². The van der Waals surface area contributed by atoms with Gasteiger partial charge in [0.1, 0.15) is 5.75 Å². The summed E-state index contributed by atoms with van der Waals surface area (Å²) in [7, 11) is 0. The van der Waals surface area contributed by atoms with Gasteiger partial charge in [-0.05, 0) is 30.2 Å². The van der Waals surface area contributed by atoms with Crippen LogP contribution in [0.25, 0.3) is 0 Å². The number of benzene rings is 1. The molecule has 0 aliphatic carbocycles. The number of ether oxygens (including phenoxy) is 1. The second-order valence-corrected chi connectivity index (χ2v) is 3.25. The molecule has 0 fully saturated rings. The first kappa shape index (κ1) is 11.7. The fourth-order valence-corrected chi connectivity index (χ4v) is 1.06. The molecule has 0 amide bonds. The third-order valence-corrected chi connectivity index (χ3v) is 2.06. The van der Waals surface area contributed by atoms with Crippen LogP contribution in [0.4, 0.5) is 8.78 Å². The Hall–Kier alpha value is -1.38. The Morgan fingerprint density at radius 3 is 2.40 bits per heavy atom. The van der Waals surface area contributed by atoms with E-state index in [0.717, 1.165) is 12.0 Å². The molecule has 1 aromatic rings. The first-order chi connectivity index (χ1) is 7.07. The fraction of sp³-hybridized carbons (Fsp3) is 0.333. The average Bonchev–Trinajstić information content (AvgIpc) is 2.27. The van der Waals surface area contributed by atoms with Crippen molar-refractivity contribution in [2.45, 2.75) is 19.3 Å². The Morgan fingerprint density at radius 1 is 1.33 bits per heavy atom. The normalized spacial score (nSPS) is 11.1. The van der Waals surface area contributed by atoms with E-state index in [9.17, 15) is 8.78 Å². The maximum absolute atomic E-state index is 12.7. The number of hydrogen-bond acceptors (Lipinski definition) is 1. The zero-order valence-corrected chi connectivity index (χ0v) is 8.67. The molecule has 0 aliphatic heterocycles. The highest BCUT2D eigenvalue weighted by Gasteiger charge is 2.24. The molecular weight excluding hydrogens is 198 g/mol. The van der Waals surface area contributed by atoms with Gasteiger partial charge >= 0.3 is 0 Å². The molecule has 0 atom stereocenters. The molecule has 3 heteroatoms. The van der Waals surface area contributed by atoms with Crippen LogP contribution < -0.4 is 4.74 Å². The quantitative estimate of drug-likeness (QED) is 0.679. The smallest absolute Gasteiger partial charge is 0.299 e. The monoisotopic (exact) mass is 212 g/mol. The molecule has 1 rings (SSSR count). The number of halogens is 2. The molecule has 0 aliphatic rings. The topological polar surface area (TPSA) is 9.23 Å². The van der Waals surface area contributed by atoms with E-state index in [1.165, 1.54) is 0 Å². The van der Waals surface area contributed by atoms with Crippen molar-refractivity contribution in [2.24, 2.45) is 0 Å². The summed E-state index contributed by atoms with van der Waals surface area (Å²) in [5.74, 6) is -2.52. The van der Waals surface area contributed by atoms with Gasteiger partial charge in [-0.3, -0.25) is 0 Å². The highest BCUT2D eigenvalue weighted by Crippen LogP contribution is 2.18. The highest BCUT2D eigenvalue weighted by atomic mass is 19.3. The van der Waals surface area contributed by atoms with Gasteiger partial charge in [0, 0.05) is 0 Å². The largest absolute Gasteiger partial charge is 0.487 e. The first-order valence-electron chi connectivity index (χ1n) is 4.80. The maximum atomic E-state index is 12.7. The second-order valence-electron chi connectivity index (χ2n) is 3.25. The van der Waals surface area contributed by atoms with Crippen LogP contribution >= 0.6 is 0 Å². The summed E-state index contributed by atoms with van der Waals surface area (Å²) in [6.45, 7) is 4.41. The molecule has 0 saturated heterocycles. The van der Waals surface area contributed by atoms with Gasteiger partial charge in [0.15, 0.2) is 6.61 Å². The van der Waals surface area contributed by atoms with Crippen LogP contribution in [0.1, 0.15) is 12.5 Å². The average molecular weight is 212 g/mol. The lowest BCUT2D eigenvalue weighted by atomic mass is 10.2. The van der Waals surface area contributed by atoms with Crippen molar-refractivity contribution in [3.05, 3.63) is 42.5 Å².